The van der Waals surface area contributed by atoms with Crippen molar-refractivity contribution in [3.8, 4) is 0 Å². The summed E-state index contributed by atoms with van der Waals surface area (Å²) in [6.07, 6.45) is 0.267. The second-order valence-corrected chi connectivity index (χ2v) is 9.52. The van der Waals surface area contributed by atoms with Gasteiger partial charge >= 0.3 is 5.97 Å². The molecule has 0 aliphatic heterocycles. The maximum atomic E-state index is 12.0. The molecule has 0 atom stereocenters. The van der Waals surface area contributed by atoms with Crippen molar-refractivity contribution in [2.24, 2.45) is 0 Å². The van der Waals surface area contributed by atoms with Crippen LogP contribution in [0.3, 0.4) is 0 Å². The molecule has 0 aromatic heterocycles. The van der Waals surface area contributed by atoms with Crippen molar-refractivity contribution in [3.05, 3.63) is 12.2 Å². The van der Waals surface area contributed by atoms with Crippen LogP contribution < -0.4 is 0 Å². The van der Waals surface area contributed by atoms with Crippen molar-refractivity contribution in [1.29, 1.82) is 0 Å². The summed E-state index contributed by atoms with van der Waals surface area (Å²) >= 11 is 0. The Kier molecular flexibility index (Phi) is 18.7. The highest BCUT2D eigenvalue weighted by molar-refractivity contribution is 5.94. The van der Waals surface area contributed by atoms with Gasteiger partial charge < -0.3 is 4.74 Å². The Hall–Kier alpha value is -3.43. The molecule has 0 aliphatic carbocycles. The number of hydrogen-bond acceptors (Lipinski definition) is 10. The van der Waals surface area contributed by atoms with Crippen molar-refractivity contribution in [1.82, 2.24) is 0 Å². The lowest BCUT2D eigenvalue weighted by Crippen LogP contribution is -2.15. The third kappa shape index (κ3) is 20.2. The predicted octanol–water partition coefficient (Wildman–Crippen LogP) is 3.53. The molecule has 0 saturated carbocycles. The van der Waals surface area contributed by atoms with Gasteiger partial charge in [0, 0.05) is 102 Å². The molecule has 0 heterocycles. The van der Waals surface area contributed by atoms with Gasteiger partial charge in [-0.25, -0.2) is 4.79 Å². The van der Waals surface area contributed by atoms with Crippen molar-refractivity contribution >= 4 is 52.2 Å². The van der Waals surface area contributed by atoms with Crippen LogP contribution in [0, 0.1) is 0 Å². The molecule has 216 valence electrons. The van der Waals surface area contributed by atoms with E-state index in [9.17, 15) is 43.2 Å². The zero-order valence-corrected chi connectivity index (χ0v) is 23.1. The summed E-state index contributed by atoms with van der Waals surface area (Å²) in [5, 5.41) is 0. The van der Waals surface area contributed by atoms with Gasteiger partial charge in [-0.15, -0.1) is 0 Å². The lowest BCUT2D eigenvalue weighted by molar-refractivity contribution is -0.144. The number of carbonyl (C=O) groups excluding carboxylic acids is 9. The maximum Gasteiger partial charge on any atom is 0.333 e. The first-order valence-electron chi connectivity index (χ1n) is 13.3. The van der Waals surface area contributed by atoms with Crippen molar-refractivity contribution in [2.75, 3.05) is 6.61 Å². The van der Waals surface area contributed by atoms with Gasteiger partial charge in [-0.3, -0.25) is 38.4 Å². The van der Waals surface area contributed by atoms with Crippen LogP contribution in [0.1, 0.15) is 110 Å². The van der Waals surface area contributed by atoms with Crippen LogP contribution >= 0.6 is 0 Å². The first-order valence-corrected chi connectivity index (χ1v) is 13.3. The number of ether oxygens (including phenoxy) is 1. The lowest BCUT2D eigenvalue weighted by atomic mass is 10.00. The van der Waals surface area contributed by atoms with Gasteiger partial charge in [-0.05, 0) is 6.92 Å². The molecule has 0 rings (SSSR count). The molecule has 0 aromatic carbocycles. The van der Waals surface area contributed by atoms with Crippen molar-refractivity contribution < 1.29 is 47.9 Å². The second-order valence-electron chi connectivity index (χ2n) is 9.52. The van der Waals surface area contributed by atoms with Crippen LogP contribution in [0.15, 0.2) is 12.2 Å². The lowest BCUT2D eigenvalue weighted by Gasteiger charge is -2.04. The Morgan fingerprint density at radius 3 is 0.897 bits per heavy atom. The molecule has 10 nitrogen and oxygen atoms in total. The van der Waals surface area contributed by atoms with Crippen LogP contribution in [0.5, 0.6) is 0 Å². The smallest absolute Gasteiger partial charge is 0.333 e. The van der Waals surface area contributed by atoms with Gasteiger partial charge in [0.05, 0.1) is 0 Å². The first kappa shape index (κ1) is 35.6. The average molecular weight is 549 g/mol. The van der Waals surface area contributed by atoms with E-state index < -0.39 is 18.4 Å². The molecular formula is C29H40O10. The molecule has 0 spiro atoms. The molecular weight excluding hydrogens is 508 g/mol. The molecule has 0 radical (unpaired) electrons. The average Bonchev–Trinajstić information content (AvgIpc) is 2.91. The molecule has 0 saturated heterocycles. The Morgan fingerprint density at radius 1 is 0.436 bits per heavy atom. The summed E-state index contributed by atoms with van der Waals surface area (Å²) in [4.78, 5) is 105. The van der Waals surface area contributed by atoms with E-state index >= 15 is 0 Å². The number of Topliss-reactive ketones (excluding diaryl/α,β-unsaturated/α-hetero) is 8. The Labute approximate surface area is 229 Å². The maximum absolute atomic E-state index is 12.0. The van der Waals surface area contributed by atoms with Crippen LogP contribution in [-0.4, -0.2) is 58.8 Å². The van der Waals surface area contributed by atoms with E-state index in [0.717, 1.165) is 0 Å². The highest BCUT2D eigenvalue weighted by Crippen LogP contribution is 2.09. The van der Waals surface area contributed by atoms with Crippen LogP contribution in [-0.2, 0) is 47.9 Å². The fourth-order valence-electron chi connectivity index (χ4n) is 3.22. The highest BCUT2D eigenvalue weighted by atomic mass is 16.5. The van der Waals surface area contributed by atoms with E-state index in [1.54, 1.807) is 6.92 Å². The topological polar surface area (TPSA) is 163 Å². The van der Waals surface area contributed by atoms with Crippen LogP contribution in [0.4, 0.5) is 0 Å². The third-order valence-electron chi connectivity index (χ3n) is 5.89. The number of carbonyl (C=O) groups is 9. The zero-order valence-electron chi connectivity index (χ0n) is 23.1. The first-order chi connectivity index (χ1) is 18.3. The molecule has 0 aromatic rings. The largest absolute Gasteiger partial charge is 0.454 e. The van der Waals surface area contributed by atoms with Crippen LogP contribution in [0.25, 0.3) is 0 Å². The van der Waals surface area contributed by atoms with Gasteiger partial charge in [-0.2, -0.15) is 0 Å². The molecule has 0 N–H and O–H groups in total. The standard InChI is InChI=1S/C29H40O10/c1-4-21(30)5-6-22(31)7-8-23(32)9-10-24(33)11-12-25(34)13-14-26(35)15-16-27(36)17-18-28(37)19-39-29(38)20(2)3/h2,4-19H2,1,3H3. The van der Waals surface area contributed by atoms with E-state index in [1.807, 2.05) is 0 Å². The Morgan fingerprint density at radius 2 is 0.667 bits per heavy atom. The summed E-state index contributed by atoms with van der Waals surface area (Å²) < 4.78 is 4.70. The van der Waals surface area contributed by atoms with Gasteiger partial charge in [0.15, 0.2) is 5.78 Å². The minimum absolute atomic E-state index is 0.00275. The predicted molar refractivity (Wildman–Crippen MR) is 141 cm³/mol. The van der Waals surface area contributed by atoms with E-state index in [1.165, 1.54) is 6.92 Å². The molecule has 0 aliphatic rings. The summed E-state index contributed by atoms with van der Waals surface area (Å²) in [5.41, 5.74) is 0.162. The third-order valence-corrected chi connectivity index (χ3v) is 5.89. The number of hydrogen-bond donors (Lipinski definition) is 0. The second kappa shape index (κ2) is 20.5. The molecule has 0 unspecified atom stereocenters. The fourth-order valence-corrected chi connectivity index (χ4v) is 3.22. The Balaban J connectivity index is 3.96. The van der Waals surface area contributed by atoms with E-state index in [4.69, 9.17) is 4.74 Å². The highest BCUT2D eigenvalue weighted by Gasteiger charge is 2.15. The fraction of sp³-hybridized carbons (Fsp3) is 0.621. The summed E-state index contributed by atoms with van der Waals surface area (Å²) in [5.74, 6) is -2.57. The van der Waals surface area contributed by atoms with Gasteiger partial charge in [0.2, 0.25) is 0 Å². The Bertz CT molecular complexity index is 957. The molecule has 39 heavy (non-hydrogen) atoms. The van der Waals surface area contributed by atoms with E-state index in [-0.39, 0.29) is 136 Å². The number of ketones is 8. The van der Waals surface area contributed by atoms with Gasteiger partial charge in [0.1, 0.15) is 47.1 Å². The molecule has 10 heteroatoms. The minimum Gasteiger partial charge on any atom is -0.454 e. The summed E-state index contributed by atoms with van der Waals surface area (Å²) in [6, 6.07) is 0. The molecule has 0 bridgehead atoms. The number of rotatable bonds is 25. The SMILES string of the molecule is C=C(C)C(=O)OCC(=O)CCC(=O)CCC(=O)CCC(=O)CCC(=O)CCC(=O)CCC(=O)CCC(=O)CC. The summed E-state index contributed by atoms with van der Waals surface area (Å²) in [7, 11) is 0. The van der Waals surface area contributed by atoms with E-state index in [0.29, 0.717) is 6.42 Å². The number of esters is 1. The minimum atomic E-state index is -0.687. The van der Waals surface area contributed by atoms with Crippen LogP contribution in [0.2, 0.25) is 0 Å². The molecule has 0 fully saturated rings. The monoisotopic (exact) mass is 548 g/mol. The van der Waals surface area contributed by atoms with Gasteiger partial charge in [-0.1, -0.05) is 13.5 Å². The quantitative estimate of drug-likeness (QED) is 0.122. The van der Waals surface area contributed by atoms with E-state index in [2.05, 4.69) is 6.58 Å². The van der Waals surface area contributed by atoms with Crippen molar-refractivity contribution in [3.63, 3.8) is 0 Å². The van der Waals surface area contributed by atoms with Crippen molar-refractivity contribution in [2.45, 2.75) is 110 Å². The van der Waals surface area contributed by atoms with Gasteiger partial charge in [0.25, 0.3) is 0 Å². The molecule has 0 amide bonds. The summed E-state index contributed by atoms with van der Waals surface area (Å²) in [6.45, 7) is 6.11. The zero-order chi connectivity index (χ0) is 29.8. The normalized spacial score (nSPS) is 10.4.